The van der Waals surface area contributed by atoms with Crippen molar-refractivity contribution < 1.29 is 17.6 Å². The van der Waals surface area contributed by atoms with Crippen molar-refractivity contribution in [3.8, 4) is 11.1 Å². The summed E-state index contributed by atoms with van der Waals surface area (Å²) in [6, 6.07) is 2.75. The highest BCUT2D eigenvalue weighted by Crippen LogP contribution is 2.34. The molecule has 134 valence electrons. The lowest BCUT2D eigenvalue weighted by atomic mass is 10.0. The summed E-state index contributed by atoms with van der Waals surface area (Å²) in [5, 5.41) is 3.32. The van der Waals surface area contributed by atoms with Crippen LogP contribution in [0, 0.1) is 5.82 Å². The van der Waals surface area contributed by atoms with Gasteiger partial charge in [-0.05, 0) is 25.0 Å². The molecule has 0 amide bonds. The molecule has 1 aliphatic carbocycles. The molecule has 0 atom stereocenters. The molecule has 0 saturated heterocycles. The fraction of sp³-hybridized carbons (Fsp3) is 0.444. The number of rotatable bonds is 3. The molecule has 1 aromatic heterocycles. The van der Waals surface area contributed by atoms with Crippen molar-refractivity contribution in [2.45, 2.75) is 50.7 Å². The van der Waals surface area contributed by atoms with Gasteiger partial charge in [-0.3, -0.25) is 0 Å². The van der Waals surface area contributed by atoms with Gasteiger partial charge in [0.2, 0.25) is 0 Å². The normalized spacial score (nSPS) is 16.5. The average Bonchev–Trinajstić information content (AvgIpc) is 2.83. The van der Waals surface area contributed by atoms with E-state index in [1.165, 1.54) is 25.4 Å². The smallest absolute Gasteiger partial charge is 0.367 e. The third kappa shape index (κ3) is 4.27. The number of nitrogens with one attached hydrogen (secondary N) is 1. The van der Waals surface area contributed by atoms with Gasteiger partial charge in [0.1, 0.15) is 18.0 Å². The molecule has 3 rings (SSSR count). The number of nitrogens with zero attached hydrogens (tertiary/aromatic N) is 2. The number of hydrogen-bond acceptors (Lipinski definition) is 3. The predicted molar refractivity (Wildman–Crippen MR) is 87.5 cm³/mol. The lowest BCUT2D eigenvalue weighted by molar-refractivity contribution is -0.137. The van der Waals surface area contributed by atoms with Crippen molar-refractivity contribution in [1.29, 1.82) is 0 Å². The van der Waals surface area contributed by atoms with Crippen LogP contribution in [0.3, 0.4) is 0 Å². The van der Waals surface area contributed by atoms with Gasteiger partial charge in [-0.2, -0.15) is 13.2 Å². The Hall–Kier alpha value is -2.18. The predicted octanol–water partition coefficient (Wildman–Crippen LogP) is 5.44. The minimum Gasteiger partial charge on any atom is -0.367 e. The Kier molecular flexibility index (Phi) is 5.20. The van der Waals surface area contributed by atoms with Crippen molar-refractivity contribution in [2.24, 2.45) is 0 Å². The van der Waals surface area contributed by atoms with E-state index in [-0.39, 0.29) is 11.6 Å². The standard InChI is InChI=1S/C18H19F4N3/c19-16-9-12(18(20,21)22)7-8-14(16)15-10-23-11-24-17(15)25-13-5-3-1-2-4-6-13/h7-11,13H,1-6H2,(H,23,24,25). The van der Waals surface area contributed by atoms with Gasteiger partial charge in [-0.25, -0.2) is 14.4 Å². The van der Waals surface area contributed by atoms with Crippen LogP contribution in [0.1, 0.15) is 44.1 Å². The Bertz CT molecular complexity index is 723. The van der Waals surface area contributed by atoms with Crippen molar-refractivity contribution in [3.63, 3.8) is 0 Å². The van der Waals surface area contributed by atoms with Crippen molar-refractivity contribution in [1.82, 2.24) is 9.97 Å². The minimum atomic E-state index is -4.58. The number of aromatic nitrogens is 2. The number of benzene rings is 1. The number of hydrogen-bond donors (Lipinski definition) is 1. The molecular formula is C18H19F4N3. The van der Waals surface area contributed by atoms with Gasteiger partial charge in [-0.15, -0.1) is 0 Å². The zero-order valence-corrected chi connectivity index (χ0v) is 13.6. The molecule has 1 aliphatic rings. The topological polar surface area (TPSA) is 37.8 Å². The monoisotopic (exact) mass is 353 g/mol. The fourth-order valence-corrected chi connectivity index (χ4v) is 3.17. The van der Waals surface area contributed by atoms with Crippen molar-refractivity contribution in [3.05, 3.63) is 42.1 Å². The molecule has 0 bridgehead atoms. The average molecular weight is 353 g/mol. The second kappa shape index (κ2) is 7.37. The quantitative estimate of drug-likeness (QED) is 0.590. The summed E-state index contributed by atoms with van der Waals surface area (Å²) < 4.78 is 52.5. The van der Waals surface area contributed by atoms with E-state index >= 15 is 0 Å². The second-order valence-corrected chi connectivity index (χ2v) is 6.31. The molecule has 1 saturated carbocycles. The van der Waals surface area contributed by atoms with Crippen LogP contribution in [0.2, 0.25) is 0 Å². The van der Waals surface area contributed by atoms with Crippen molar-refractivity contribution in [2.75, 3.05) is 5.32 Å². The van der Waals surface area contributed by atoms with Crippen LogP contribution >= 0.6 is 0 Å². The third-order valence-electron chi connectivity index (χ3n) is 4.49. The van der Waals surface area contributed by atoms with Crippen LogP contribution in [-0.2, 0) is 6.18 Å². The molecule has 25 heavy (non-hydrogen) atoms. The lowest BCUT2D eigenvalue weighted by Crippen LogP contribution is -2.19. The van der Waals surface area contributed by atoms with E-state index < -0.39 is 17.6 Å². The van der Waals surface area contributed by atoms with Crippen LogP contribution in [0.4, 0.5) is 23.4 Å². The highest BCUT2D eigenvalue weighted by atomic mass is 19.4. The van der Waals surface area contributed by atoms with Crippen LogP contribution in [0.25, 0.3) is 11.1 Å². The zero-order chi connectivity index (χ0) is 17.9. The maximum absolute atomic E-state index is 14.3. The molecular weight excluding hydrogens is 334 g/mol. The van der Waals surface area contributed by atoms with Crippen LogP contribution in [-0.4, -0.2) is 16.0 Å². The molecule has 3 nitrogen and oxygen atoms in total. The van der Waals surface area contributed by atoms with E-state index in [1.54, 1.807) is 0 Å². The van der Waals surface area contributed by atoms with E-state index in [2.05, 4.69) is 15.3 Å². The van der Waals surface area contributed by atoms with E-state index in [4.69, 9.17) is 0 Å². The highest BCUT2D eigenvalue weighted by Gasteiger charge is 2.31. The summed E-state index contributed by atoms with van der Waals surface area (Å²) >= 11 is 0. The maximum atomic E-state index is 14.3. The summed E-state index contributed by atoms with van der Waals surface area (Å²) in [5.41, 5.74) is -0.577. The van der Waals surface area contributed by atoms with E-state index in [9.17, 15) is 17.6 Å². The molecule has 0 radical (unpaired) electrons. The number of halogens is 4. The Morgan fingerprint density at radius 1 is 1.00 bits per heavy atom. The van der Waals surface area contributed by atoms with Crippen LogP contribution in [0.15, 0.2) is 30.7 Å². The Morgan fingerprint density at radius 2 is 1.72 bits per heavy atom. The Balaban J connectivity index is 1.90. The maximum Gasteiger partial charge on any atom is 0.416 e. The first-order valence-electron chi connectivity index (χ1n) is 8.39. The van der Waals surface area contributed by atoms with Gasteiger partial charge in [0.15, 0.2) is 0 Å². The largest absolute Gasteiger partial charge is 0.416 e. The molecule has 2 aromatic rings. The first kappa shape index (κ1) is 17.6. The molecule has 7 heteroatoms. The summed E-state index contributed by atoms with van der Waals surface area (Å²) in [6.45, 7) is 0. The summed E-state index contributed by atoms with van der Waals surface area (Å²) in [4.78, 5) is 8.09. The van der Waals surface area contributed by atoms with Gasteiger partial charge in [0, 0.05) is 23.4 Å². The Labute approximate surface area is 143 Å². The SMILES string of the molecule is Fc1cc(C(F)(F)F)ccc1-c1cncnc1NC1CCCCCC1. The Morgan fingerprint density at radius 3 is 2.36 bits per heavy atom. The van der Waals surface area contributed by atoms with Gasteiger partial charge in [-0.1, -0.05) is 31.7 Å². The van der Waals surface area contributed by atoms with Gasteiger partial charge < -0.3 is 5.32 Å². The van der Waals surface area contributed by atoms with Crippen LogP contribution in [0.5, 0.6) is 0 Å². The zero-order valence-electron chi connectivity index (χ0n) is 13.6. The van der Waals surface area contributed by atoms with Gasteiger partial charge in [0.25, 0.3) is 0 Å². The molecule has 0 spiro atoms. The summed E-state index contributed by atoms with van der Waals surface area (Å²) in [5.74, 6) is -0.478. The van der Waals surface area contributed by atoms with E-state index in [0.29, 0.717) is 17.4 Å². The highest BCUT2D eigenvalue weighted by molar-refractivity contribution is 5.75. The first-order valence-corrected chi connectivity index (χ1v) is 8.39. The molecule has 1 fully saturated rings. The first-order chi connectivity index (χ1) is 11.9. The molecule has 1 N–H and O–H groups in total. The third-order valence-corrected chi connectivity index (χ3v) is 4.49. The number of alkyl halides is 3. The molecule has 0 unspecified atom stereocenters. The van der Waals surface area contributed by atoms with E-state index in [0.717, 1.165) is 37.8 Å². The second-order valence-electron chi connectivity index (χ2n) is 6.31. The summed E-state index contributed by atoms with van der Waals surface area (Å²) in [6.07, 6.45) is 4.83. The van der Waals surface area contributed by atoms with E-state index in [1.807, 2.05) is 0 Å². The van der Waals surface area contributed by atoms with Crippen molar-refractivity contribution >= 4 is 5.82 Å². The molecule has 1 aromatic carbocycles. The summed E-state index contributed by atoms with van der Waals surface area (Å²) in [7, 11) is 0. The lowest BCUT2D eigenvalue weighted by Gasteiger charge is -2.19. The minimum absolute atomic E-state index is 0.0599. The molecule has 1 heterocycles. The van der Waals surface area contributed by atoms with Gasteiger partial charge >= 0.3 is 6.18 Å². The van der Waals surface area contributed by atoms with Crippen LogP contribution < -0.4 is 5.32 Å². The molecule has 0 aliphatic heterocycles. The number of anilines is 1. The van der Waals surface area contributed by atoms with Gasteiger partial charge in [0.05, 0.1) is 5.56 Å². The fourth-order valence-electron chi connectivity index (χ4n) is 3.17.